The average molecular weight is 580 g/mol. The first kappa shape index (κ1) is 33.3. The van der Waals surface area contributed by atoms with Crippen LogP contribution in [-0.2, 0) is 4.79 Å². The molecule has 1 atom stereocenters. The summed E-state index contributed by atoms with van der Waals surface area (Å²) in [5.41, 5.74) is 2.29. The number of piperidine rings is 1. The lowest BCUT2D eigenvalue weighted by Crippen LogP contribution is -2.30. The fourth-order valence-electron chi connectivity index (χ4n) is 4.29. The van der Waals surface area contributed by atoms with Crippen molar-refractivity contribution in [1.82, 2.24) is 5.32 Å². The highest BCUT2D eigenvalue weighted by molar-refractivity contribution is 7.22. The maximum absolute atomic E-state index is 13.5. The molecule has 0 spiro atoms. The highest BCUT2D eigenvalue weighted by atomic mass is 32.1. The number of fused-ring (bicyclic) bond motifs is 1. The van der Waals surface area contributed by atoms with Crippen molar-refractivity contribution in [3.63, 3.8) is 0 Å². The molecule has 1 aromatic heterocycles. The van der Waals surface area contributed by atoms with Crippen molar-refractivity contribution < 1.29 is 28.9 Å². The van der Waals surface area contributed by atoms with E-state index in [1.54, 1.807) is 56.9 Å². The maximum Gasteiger partial charge on any atom is 0.290 e. The number of benzene rings is 3. The molecule has 7 nitrogen and oxygen atoms in total. The number of hydrogen-bond donors (Lipinski definition) is 2. The summed E-state index contributed by atoms with van der Waals surface area (Å²) < 4.78 is 16.9. The van der Waals surface area contributed by atoms with E-state index < -0.39 is 0 Å². The van der Waals surface area contributed by atoms with Gasteiger partial charge < -0.3 is 24.6 Å². The number of carbonyl (C=O) groups is 2. The second-order valence-electron chi connectivity index (χ2n) is 8.91. The molecule has 1 unspecified atom stereocenters. The van der Waals surface area contributed by atoms with Gasteiger partial charge in [-0.25, -0.2) is 0 Å². The van der Waals surface area contributed by atoms with Crippen LogP contribution >= 0.6 is 11.3 Å². The number of ketones is 1. The molecule has 2 N–H and O–H groups in total. The third kappa shape index (κ3) is 9.33. The number of carboxylic acid groups (broad SMARTS) is 1. The Bertz CT molecular complexity index is 1340. The predicted molar refractivity (Wildman–Crippen MR) is 168 cm³/mol. The van der Waals surface area contributed by atoms with Gasteiger partial charge in [0.25, 0.3) is 6.47 Å². The van der Waals surface area contributed by atoms with Crippen LogP contribution in [0.2, 0.25) is 0 Å². The zero-order valence-corrected chi connectivity index (χ0v) is 25.5. The van der Waals surface area contributed by atoms with E-state index in [2.05, 4.69) is 12.2 Å². The molecule has 5 rings (SSSR count). The van der Waals surface area contributed by atoms with Gasteiger partial charge in [-0.15, -0.1) is 11.3 Å². The van der Waals surface area contributed by atoms with E-state index in [0.29, 0.717) is 11.1 Å². The first-order valence-corrected chi connectivity index (χ1v) is 14.5. The van der Waals surface area contributed by atoms with Crippen molar-refractivity contribution in [2.24, 2.45) is 0 Å². The summed E-state index contributed by atoms with van der Waals surface area (Å²) in [4.78, 5) is 22.8. The van der Waals surface area contributed by atoms with Crippen molar-refractivity contribution in [3.8, 4) is 27.7 Å². The molecule has 1 aliphatic heterocycles. The van der Waals surface area contributed by atoms with Crippen molar-refractivity contribution in [3.05, 3.63) is 77.9 Å². The number of hydrogen-bond acceptors (Lipinski definition) is 7. The highest BCUT2D eigenvalue weighted by Gasteiger charge is 2.22. The molecule has 1 fully saturated rings. The van der Waals surface area contributed by atoms with Crippen molar-refractivity contribution in [2.45, 2.75) is 46.1 Å². The van der Waals surface area contributed by atoms with E-state index in [4.69, 9.17) is 24.1 Å². The predicted octanol–water partition coefficient (Wildman–Crippen LogP) is 7.70. The summed E-state index contributed by atoms with van der Waals surface area (Å²) in [5.74, 6) is 2.25. The average Bonchev–Trinajstić information content (AvgIpc) is 3.41. The van der Waals surface area contributed by atoms with Crippen LogP contribution in [-0.4, -0.2) is 51.3 Å². The molecular weight excluding hydrogens is 538 g/mol. The minimum Gasteiger partial charge on any atom is -0.497 e. The van der Waals surface area contributed by atoms with Crippen LogP contribution in [0.1, 0.15) is 56.0 Å². The van der Waals surface area contributed by atoms with Crippen LogP contribution in [0.4, 0.5) is 0 Å². The minimum atomic E-state index is -0.250. The van der Waals surface area contributed by atoms with E-state index in [0.717, 1.165) is 43.8 Å². The third-order valence-corrected chi connectivity index (χ3v) is 7.59. The van der Waals surface area contributed by atoms with E-state index in [-0.39, 0.29) is 12.3 Å². The Kier molecular flexibility index (Phi) is 14.4. The van der Waals surface area contributed by atoms with Crippen LogP contribution in [0, 0.1) is 0 Å². The molecule has 8 heteroatoms. The number of rotatable bonds is 6. The lowest BCUT2D eigenvalue weighted by atomic mass is 9.97. The van der Waals surface area contributed by atoms with Gasteiger partial charge in [-0.05, 0) is 98.6 Å². The van der Waals surface area contributed by atoms with Crippen LogP contribution in [0.5, 0.6) is 17.2 Å². The van der Waals surface area contributed by atoms with Gasteiger partial charge in [0.05, 0.1) is 21.3 Å². The fraction of sp³-hybridized carbons (Fsp3) is 0.333. The van der Waals surface area contributed by atoms with Gasteiger partial charge in [-0.1, -0.05) is 20.3 Å². The summed E-state index contributed by atoms with van der Waals surface area (Å²) in [6.45, 7) is 7.24. The highest BCUT2D eigenvalue weighted by Crippen LogP contribution is 2.41. The quantitative estimate of drug-likeness (QED) is 0.179. The largest absolute Gasteiger partial charge is 0.497 e. The van der Waals surface area contributed by atoms with Crippen LogP contribution < -0.4 is 19.5 Å². The normalized spacial score (nSPS) is 13.7. The number of nitrogens with one attached hydrogen (secondary N) is 1. The molecule has 0 bridgehead atoms. The summed E-state index contributed by atoms with van der Waals surface area (Å²) in [5, 5.41) is 11.2. The SMILES string of the molecule is CC.CC1CCCCN1.COc1ccc(C(=O)c2c(-c3ccc(OC)cc3)sc3cc(OC)ccc23)cc1.O=CO. The Morgan fingerprint density at radius 2 is 1.41 bits per heavy atom. The van der Waals surface area contributed by atoms with Crippen molar-refractivity contribution in [1.29, 1.82) is 0 Å². The number of ether oxygens (including phenoxy) is 3. The first-order chi connectivity index (χ1) is 19.9. The zero-order valence-electron chi connectivity index (χ0n) is 24.7. The molecule has 0 amide bonds. The lowest BCUT2D eigenvalue weighted by molar-refractivity contribution is -0.122. The van der Waals surface area contributed by atoms with Crippen LogP contribution in [0.25, 0.3) is 20.5 Å². The molecule has 0 aliphatic carbocycles. The summed E-state index contributed by atoms with van der Waals surface area (Å²) >= 11 is 1.58. The Morgan fingerprint density at radius 3 is 1.88 bits per heavy atom. The Morgan fingerprint density at radius 1 is 0.878 bits per heavy atom. The van der Waals surface area contributed by atoms with Crippen LogP contribution in [0.15, 0.2) is 66.7 Å². The molecule has 220 valence electrons. The first-order valence-electron chi connectivity index (χ1n) is 13.7. The molecule has 4 aromatic rings. The Hall–Kier alpha value is -3.88. The smallest absolute Gasteiger partial charge is 0.290 e. The fourth-order valence-corrected chi connectivity index (χ4v) is 5.52. The minimum absolute atomic E-state index is 0.0186. The van der Waals surface area contributed by atoms with Gasteiger partial charge in [0.15, 0.2) is 5.78 Å². The van der Waals surface area contributed by atoms with E-state index in [1.165, 1.54) is 25.8 Å². The molecule has 1 aliphatic rings. The monoisotopic (exact) mass is 579 g/mol. The molecule has 41 heavy (non-hydrogen) atoms. The zero-order chi connectivity index (χ0) is 30.2. The Labute approximate surface area is 247 Å². The summed E-state index contributed by atoms with van der Waals surface area (Å²) in [6, 6.07) is 21.6. The van der Waals surface area contributed by atoms with Gasteiger partial charge in [0.1, 0.15) is 17.2 Å². The van der Waals surface area contributed by atoms with Gasteiger partial charge in [0, 0.05) is 32.1 Å². The summed E-state index contributed by atoms with van der Waals surface area (Å²) in [7, 11) is 4.89. The van der Waals surface area contributed by atoms with Gasteiger partial charge in [-0.3, -0.25) is 9.59 Å². The number of thiophene rings is 1. The molecule has 2 heterocycles. The van der Waals surface area contributed by atoms with Crippen molar-refractivity contribution >= 4 is 33.7 Å². The second-order valence-corrected chi connectivity index (χ2v) is 9.96. The molecule has 3 aromatic carbocycles. The molecule has 1 saturated heterocycles. The second kappa shape index (κ2) is 17.7. The molecule has 0 radical (unpaired) electrons. The lowest BCUT2D eigenvalue weighted by Gasteiger charge is -2.18. The van der Waals surface area contributed by atoms with E-state index in [9.17, 15) is 4.79 Å². The van der Waals surface area contributed by atoms with Crippen LogP contribution in [0.3, 0.4) is 0 Å². The van der Waals surface area contributed by atoms with E-state index >= 15 is 0 Å². The number of carbonyl (C=O) groups excluding carboxylic acids is 1. The Balaban J connectivity index is 0.000000413. The third-order valence-electron chi connectivity index (χ3n) is 6.39. The molecule has 0 saturated carbocycles. The van der Waals surface area contributed by atoms with Gasteiger partial charge in [0.2, 0.25) is 0 Å². The van der Waals surface area contributed by atoms with Gasteiger partial charge in [-0.2, -0.15) is 0 Å². The maximum atomic E-state index is 13.5. The topological polar surface area (TPSA) is 94.1 Å². The summed E-state index contributed by atoms with van der Waals surface area (Å²) in [6.07, 6.45) is 4.18. The number of methoxy groups -OCH3 is 3. The molecular formula is C33H41NO6S. The van der Waals surface area contributed by atoms with Gasteiger partial charge >= 0.3 is 0 Å². The standard InChI is InChI=1S/C24H20O4S.C6H13N.C2H6.CH2O2/c1-26-17-8-4-15(5-9-17)23(25)22-20-13-12-19(28-3)14-21(20)29-24(22)16-6-10-18(27-2)11-7-16;1-6-4-2-3-5-7-6;1-2;2-1-3/h4-14H,1-3H3;6-7H,2-5H2,1H3;1-2H3;1H,(H,2,3). The van der Waals surface area contributed by atoms with E-state index in [1.807, 2.05) is 56.3 Å². The van der Waals surface area contributed by atoms with Crippen molar-refractivity contribution in [2.75, 3.05) is 27.9 Å².